The molecule has 23 aromatic rings. The molecule has 0 amide bonds. The van der Waals surface area contributed by atoms with Gasteiger partial charge in [-0.2, -0.15) is 76.5 Å². The first-order valence-electron chi connectivity index (χ1n) is 43.7. The van der Waals surface area contributed by atoms with Crippen molar-refractivity contribution in [3.63, 3.8) is 0 Å². The van der Waals surface area contributed by atoms with Crippen LogP contribution >= 0.6 is 0 Å². The molecule has 23 rings (SSSR count). The molecule has 0 aliphatic heterocycles. The minimum absolute atomic E-state index is 0. The first kappa shape index (κ1) is 112. The number of hydrogen-bond donors (Lipinski definition) is 0. The largest absolute Gasteiger partial charge is 0.294 e. The van der Waals surface area contributed by atoms with Crippen molar-refractivity contribution < 1.29 is 23.4 Å². The van der Waals surface area contributed by atoms with Crippen LogP contribution in [-0.2, 0) is 67.9 Å². The summed E-state index contributed by atoms with van der Waals surface area (Å²) in [6, 6.07) is 69.6. The number of fused-ring (bicyclic) bond motifs is 8. The van der Waals surface area contributed by atoms with E-state index in [1.54, 1.807) is 103 Å². The van der Waals surface area contributed by atoms with E-state index < -0.39 is 0 Å². The average molecular weight is 2000 g/mol. The maximum atomic E-state index is 11.4. The smallest absolute Gasteiger partial charge is 0.266 e. The van der Waals surface area contributed by atoms with E-state index in [4.69, 9.17) is 0 Å². The van der Waals surface area contributed by atoms with Crippen LogP contribution in [0.25, 0.3) is 123 Å². The summed E-state index contributed by atoms with van der Waals surface area (Å²) in [5.74, 6) is 0.0682. The van der Waals surface area contributed by atoms with E-state index in [1.807, 2.05) is 282 Å². The Morgan fingerprint density at radius 2 is 0.315 bits per heavy atom. The number of carbonyl (C=O) groups excluding carboxylic acids is 1. The van der Waals surface area contributed by atoms with Gasteiger partial charge >= 0.3 is 0 Å². The predicted molar refractivity (Wildman–Crippen MR) is 569 cm³/mol. The summed E-state index contributed by atoms with van der Waals surface area (Å²) in [6.07, 6.45) is 15.1. The fourth-order valence-electron chi connectivity index (χ4n) is 16.0. The van der Waals surface area contributed by atoms with E-state index in [-0.39, 0.29) is 108 Å². The molecule has 23 heterocycles. The topological polar surface area (TPSA) is 400 Å². The van der Waals surface area contributed by atoms with Crippen LogP contribution in [0.1, 0.15) is 107 Å². The second-order valence-corrected chi connectivity index (χ2v) is 32.2. The molecule has 1 radical (unpaired) electrons. The zero-order valence-corrected chi connectivity index (χ0v) is 80.6. The van der Waals surface area contributed by atoms with Crippen molar-refractivity contribution in [3.8, 4) is 78.8 Å². The third-order valence-electron chi connectivity index (χ3n) is 22.6. The third kappa shape index (κ3) is 23.5. The summed E-state index contributed by atoms with van der Waals surface area (Å²) in [5, 5.41) is 65.2. The minimum atomic E-state index is -0.118. The van der Waals surface area contributed by atoms with Gasteiger partial charge in [-0.25, -0.2) is 68.9 Å². The normalized spacial score (nSPS) is 10.4. The number of ketones is 1. The Labute approximate surface area is 852 Å². The molecule has 0 N–H and O–H groups in total. The van der Waals surface area contributed by atoms with Crippen LogP contribution < -0.4 is 38.9 Å². The van der Waals surface area contributed by atoms with Gasteiger partial charge in [0.05, 0.1) is 174 Å². The van der Waals surface area contributed by atoms with Crippen LogP contribution in [-0.4, -0.2) is 151 Å². The molecule has 0 saturated heterocycles. The summed E-state index contributed by atoms with van der Waals surface area (Å²) >= 11 is 0. The molecule has 0 fully saturated rings. The molecule has 0 bridgehead atoms. The van der Waals surface area contributed by atoms with E-state index in [0.717, 1.165) is 174 Å². The van der Waals surface area contributed by atoms with Gasteiger partial charge in [0.25, 0.3) is 38.9 Å². The molecule has 146 heavy (non-hydrogen) atoms. The quantitative estimate of drug-likeness (QED) is 0.127. The van der Waals surface area contributed by atoms with Gasteiger partial charge in [0.15, 0.2) is 5.78 Å². The molecule has 0 unspecified atom stereocenters. The zero-order valence-electron chi connectivity index (χ0n) is 79.2. The Morgan fingerprint density at radius 3 is 0.452 bits per heavy atom. The second kappa shape index (κ2) is 47.9. The Bertz CT molecular complexity index is 7750. The van der Waals surface area contributed by atoms with Gasteiger partial charge in [0.2, 0.25) is 0 Å². The van der Waals surface area contributed by atoms with Gasteiger partial charge in [-0.1, -0.05) is 93.1 Å². The van der Waals surface area contributed by atoms with Gasteiger partial charge in [0.1, 0.15) is 0 Å². The van der Waals surface area contributed by atoms with Crippen LogP contribution in [0.4, 0.5) is 0 Å². The predicted octanol–water partition coefficient (Wildman–Crippen LogP) is 15.5. The van der Waals surface area contributed by atoms with Crippen LogP contribution in [0.3, 0.4) is 0 Å². The first-order valence-corrected chi connectivity index (χ1v) is 43.7. The van der Waals surface area contributed by atoms with Crippen molar-refractivity contribution >= 4 is 49.9 Å². The van der Waals surface area contributed by atoms with Crippen molar-refractivity contribution in [3.05, 3.63) is 404 Å². The molecular formula is C107H118N30O8V. The number of nitrogens with zero attached hydrogens (tertiary/aromatic N) is 30. The van der Waals surface area contributed by atoms with Crippen LogP contribution in [0, 0.1) is 55.4 Å². The van der Waals surface area contributed by atoms with Crippen molar-refractivity contribution in [1.82, 2.24) is 145 Å². The standard InChI is InChI=1S/7C13H12N4O.C10H10N2O.6CH4.V/c7*1-9-13(10-6-7-12(18)16(2)15-10)11-5-3-4-8-17(11)14-9;1-7-10(8(2)13)9-5-3-4-6-12(9)11-7;;;;;;;/h7*3-8H,1-2H3;3-6H,1-2H3;6*1H4;. The van der Waals surface area contributed by atoms with Gasteiger partial charge in [-0.05, 0) is 202 Å². The molecule has 0 aliphatic rings. The fraction of sp³-hybridized carbons (Fsp3) is 0.206. The Balaban J connectivity index is 0.000000185. The molecule has 0 atom stereocenters. The maximum absolute atomic E-state index is 11.4. The number of pyridine rings is 8. The molecule has 0 aromatic carbocycles. The van der Waals surface area contributed by atoms with Crippen molar-refractivity contribution in [2.45, 2.75) is 107 Å². The van der Waals surface area contributed by atoms with E-state index in [9.17, 15) is 38.4 Å². The average Bonchev–Trinajstić information content (AvgIpc) is 1.66. The van der Waals surface area contributed by atoms with Crippen molar-refractivity contribution in [2.75, 3.05) is 0 Å². The monoisotopic (exact) mass is 2000 g/mol. The van der Waals surface area contributed by atoms with E-state index in [2.05, 4.69) is 76.5 Å². The molecule has 0 spiro atoms. The zero-order chi connectivity index (χ0) is 98.3. The summed E-state index contributed by atoms with van der Waals surface area (Å²) in [5.41, 5.74) is 26.8. The van der Waals surface area contributed by atoms with Crippen molar-refractivity contribution in [1.29, 1.82) is 0 Å². The summed E-state index contributed by atoms with van der Waals surface area (Å²) in [4.78, 5) is 90.9. The Morgan fingerprint density at radius 1 is 0.185 bits per heavy atom. The van der Waals surface area contributed by atoms with Gasteiger partial charge in [0, 0.05) is 160 Å². The number of rotatable bonds is 8. The SMILES string of the molecule is C.C.C.C.C.C.CC(=O)c1c(C)nn2ccccc12.Cc1nn2ccccc2c1-c1ccc(=O)n(C)n1.Cc1nn2ccccc2c1-c1ccc(=O)n(C)n1.Cc1nn2ccccc2c1-c1ccc(=O)n(C)n1.Cc1nn2ccccc2c1-c1ccc(=O)n(C)n1.Cc1nn2ccccc2c1-c1ccc(=O)n(C)n1.Cc1nn2ccccc2c1-c1ccc(=O)n(C)n1.Cc1nn2ccccc2c1-c1ccc(=O)n(C)n1.[V]. The Hall–Kier alpha value is -18.1. The summed E-state index contributed by atoms with van der Waals surface area (Å²) in [7, 11) is 11.5. The summed E-state index contributed by atoms with van der Waals surface area (Å²) in [6.45, 7) is 17.0. The van der Waals surface area contributed by atoms with Gasteiger partial charge < -0.3 is 0 Å². The van der Waals surface area contributed by atoms with Gasteiger partial charge in [-0.15, -0.1) is 0 Å². The number of Topliss-reactive ketones (excluding diaryl/α,β-unsaturated/α-hetero) is 1. The van der Waals surface area contributed by atoms with Crippen LogP contribution in [0.15, 0.2) is 314 Å². The fourth-order valence-corrected chi connectivity index (χ4v) is 16.0. The number of aryl methyl sites for hydroxylation is 15. The molecule has 749 valence electrons. The maximum Gasteiger partial charge on any atom is 0.266 e. The van der Waals surface area contributed by atoms with Crippen molar-refractivity contribution in [2.24, 2.45) is 49.3 Å². The molecule has 0 aliphatic carbocycles. The Kier molecular flexibility index (Phi) is 36.6. The van der Waals surface area contributed by atoms with E-state index in [0.29, 0.717) is 0 Å². The number of aromatic nitrogens is 30. The van der Waals surface area contributed by atoms with E-state index in [1.165, 1.54) is 75.2 Å². The summed E-state index contributed by atoms with van der Waals surface area (Å²) < 4.78 is 23.8. The first-order chi connectivity index (χ1) is 66.9. The van der Waals surface area contributed by atoms with Gasteiger partial charge in [-0.3, -0.25) is 38.4 Å². The minimum Gasteiger partial charge on any atom is -0.294 e. The second-order valence-electron chi connectivity index (χ2n) is 32.2. The molecule has 39 heteroatoms. The number of hydrogen-bond acceptors (Lipinski definition) is 23. The van der Waals surface area contributed by atoms with Crippen LogP contribution in [0.2, 0.25) is 0 Å². The number of carbonyl (C=O) groups is 1. The molecule has 23 aromatic heterocycles. The molecular weight excluding hydrogens is 1880 g/mol. The van der Waals surface area contributed by atoms with E-state index >= 15 is 0 Å². The molecule has 0 saturated carbocycles. The van der Waals surface area contributed by atoms with Crippen LogP contribution in [0.5, 0.6) is 0 Å². The molecule has 38 nitrogen and oxygen atoms in total. The third-order valence-corrected chi connectivity index (χ3v) is 22.6.